The van der Waals surface area contributed by atoms with Crippen LogP contribution in [0.1, 0.15) is 17.5 Å². The van der Waals surface area contributed by atoms with Crippen molar-refractivity contribution < 1.29 is 33.3 Å². The summed E-state index contributed by atoms with van der Waals surface area (Å²) in [6.07, 6.45) is 2.26. The molecule has 4 rings (SSSR count). The molecule has 0 unspecified atom stereocenters. The minimum atomic E-state index is 0. The molecule has 112 valence electrons. The monoisotopic (exact) mass is 421 g/mol. The van der Waals surface area contributed by atoms with Crippen molar-refractivity contribution in [2.75, 3.05) is 6.61 Å². The third-order valence-corrected chi connectivity index (χ3v) is 5.07. The van der Waals surface area contributed by atoms with Crippen molar-refractivity contribution in [3.63, 3.8) is 0 Å². The van der Waals surface area contributed by atoms with Crippen LogP contribution in [0.5, 0.6) is 5.75 Å². The smallest absolute Gasteiger partial charge is 0.269 e. The summed E-state index contributed by atoms with van der Waals surface area (Å²) in [4.78, 5) is 0. The van der Waals surface area contributed by atoms with Crippen molar-refractivity contribution in [1.29, 1.82) is 0 Å². The van der Waals surface area contributed by atoms with Gasteiger partial charge in [-0.15, -0.1) is 0 Å². The molecule has 2 heterocycles. The molecular weight excluding hydrogens is 405 g/mol. The van der Waals surface area contributed by atoms with Gasteiger partial charge in [-0.3, -0.25) is 0 Å². The molecule has 3 aromatic rings. The summed E-state index contributed by atoms with van der Waals surface area (Å²) in [6.45, 7) is 3.81. The molecule has 0 atom stereocenters. The molecule has 4 heteroatoms. The Labute approximate surface area is 151 Å². The number of thiazole rings is 1. The van der Waals surface area contributed by atoms with E-state index in [1.54, 1.807) is 0 Å². The van der Waals surface area contributed by atoms with Gasteiger partial charge in [-0.2, -0.15) is 4.57 Å². The molecule has 0 radical (unpaired) electrons. The maximum atomic E-state index is 5.91. The number of fused-ring (bicyclic) bond motifs is 2. The topological polar surface area (TPSA) is 13.1 Å². The van der Waals surface area contributed by atoms with E-state index in [2.05, 4.69) is 54.0 Å². The molecule has 2 aromatic carbocycles. The number of hydrogen-bond acceptors (Lipinski definition) is 2. The highest BCUT2D eigenvalue weighted by atomic mass is 127. The molecule has 0 N–H and O–H groups in total. The first-order valence-electron chi connectivity index (χ1n) is 7.21. The second kappa shape index (κ2) is 6.38. The molecule has 0 aliphatic carbocycles. The van der Waals surface area contributed by atoms with E-state index in [0.29, 0.717) is 6.61 Å². The molecule has 1 aliphatic rings. The summed E-state index contributed by atoms with van der Waals surface area (Å²) in [5, 5.41) is 1.30. The van der Waals surface area contributed by atoms with Gasteiger partial charge in [-0.25, -0.2) is 0 Å². The lowest BCUT2D eigenvalue weighted by Crippen LogP contribution is -3.00. The zero-order chi connectivity index (χ0) is 14.2. The number of hydrogen-bond donors (Lipinski definition) is 0. The fourth-order valence-electron chi connectivity index (χ4n) is 2.83. The Hall–Kier alpha value is -1.40. The van der Waals surface area contributed by atoms with Crippen LogP contribution in [0, 0.1) is 0 Å². The van der Waals surface area contributed by atoms with Gasteiger partial charge in [-0.05, 0) is 25.1 Å². The Morgan fingerprint density at radius 2 is 1.86 bits per heavy atom. The number of nitrogens with zero attached hydrogens (tertiary/aromatic N) is 1. The number of aromatic nitrogens is 1. The van der Waals surface area contributed by atoms with Crippen LogP contribution in [0.2, 0.25) is 0 Å². The van der Waals surface area contributed by atoms with Crippen molar-refractivity contribution in [1.82, 2.24) is 0 Å². The standard InChI is InChI=1S/C18H16NOS.HI/c1-2-19-15-8-4-6-10-17(15)21-18(19)14-11-13-7-3-5-9-16(13)20-12-14;/h3-11H,2,12H2,1H3;1H/q+1;/p-1. The fraction of sp³-hybridized carbons (Fsp3) is 0.167. The van der Waals surface area contributed by atoms with E-state index < -0.39 is 0 Å². The lowest BCUT2D eigenvalue weighted by atomic mass is 10.1. The van der Waals surface area contributed by atoms with E-state index in [4.69, 9.17) is 4.74 Å². The zero-order valence-electron chi connectivity index (χ0n) is 12.3. The lowest BCUT2D eigenvalue weighted by Gasteiger charge is -2.15. The molecule has 1 aliphatic heterocycles. The van der Waals surface area contributed by atoms with Gasteiger partial charge in [-0.1, -0.05) is 41.7 Å². The van der Waals surface area contributed by atoms with Gasteiger partial charge in [0.15, 0.2) is 0 Å². The third-order valence-electron chi connectivity index (χ3n) is 3.83. The SMILES string of the molecule is CC[n+]1c(C2=Cc3ccccc3OC2)sc2ccccc21.[I-]. The van der Waals surface area contributed by atoms with E-state index in [9.17, 15) is 0 Å². The van der Waals surface area contributed by atoms with E-state index in [-0.39, 0.29) is 24.0 Å². The summed E-state index contributed by atoms with van der Waals surface area (Å²) in [7, 11) is 0. The van der Waals surface area contributed by atoms with Crippen LogP contribution in [-0.2, 0) is 6.54 Å². The number of rotatable bonds is 2. The van der Waals surface area contributed by atoms with E-state index in [1.807, 2.05) is 23.5 Å². The summed E-state index contributed by atoms with van der Waals surface area (Å²) in [5.41, 5.74) is 3.73. The summed E-state index contributed by atoms with van der Waals surface area (Å²) in [5.74, 6) is 0.977. The molecule has 0 fully saturated rings. The van der Waals surface area contributed by atoms with Crippen molar-refractivity contribution >= 4 is 33.2 Å². The highest BCUT2D eigenvalue weighted by molar-refractivity contribution is 7.19. The van der Waals surface area contributed by atoms with Gasteiger partial charge in [0.25, 0.3) is 5.01 Å². The van der Waals surface area contributed by atoms with Gasteiger partial charge in [0, 0.05) is 11.6 Å². The Balaban J connectivity index is 0.00000144. The maximum absolute atomic E-state index is 5.91. The minimum absolute atomic E-state index is 0. The van der Waals surface area contributed by atoms with Crippen molar-refractivity contribution in [2.45, 2.75) is 13.5 Å². The quantitative estimate of drug-likeness (QED) is 0.447. The van der Waals surface area contributed by atoms with Crippen LogP contribution in [0.25, 0.3) is 21.9 Å². The Kier molecular flexibility index (Phi) is 4.49. The van der Waals surface area contributed by atoms with Gasteiger partial charge >= 0.3 is 0 Å². The predicted molar refractivity (Wildman–Crippen MR) is 87.5 cm³/mol. The molecule has 0 saturated heterocycles. The Morgan fingerprint density at radius 3 is 2.73 bits per heavy atom. The largest absolute Gasteiger partial charge is 1.00 e. The molecule has 0 spiro atoms. The van der Waals surface area contributed by atoms with E-state index in [1.165, 1.54) is 26.4 Å². The maximum Gasteiger partial charge on any atom is 0.269 e. The second-order valence-electron chi connectivity index (χ2n) is 5.12. The number of aryl methyl sites for hydroxylation is 1. The normalized spacial score (nSPS) is 13.0. The van der Waals surface area contributed by atoms with Crippen LogP contribution in [-0.4, -0.2) is 6.61 Å². The number of ether oxygens (including phenoxy) is 1. The van der Waals surface area contributed by atoms with Crippen LogP contribution >= 0.6 is 11.3 Å². The molecular formula is C18H16INOS. The fourth-order valence-corrected chi connectivity index (χ4v) is 4.05. The van der Waals surface area contributed by atoms with E-state index in [0.717, 1.165) is 12.3 Å². The Bertz CT molecular complexity index is 853. The van der Waals surface area contributed by atoms with Crippen LogP contribution in [0.3, 0.4) is 0 Å². The average Bonchev–Trinajstić information content (AvgIpc) is 2.93. The number of halogens is 1. The first kappa shape index (κ1) is 15.5. The summed E-state index contributed by atoms with van der Waals surface area (Å²) in [6, 6.07) is 16.8. The zero-order valence-corrected chi connectivity index (χ0v) is 15.2. The van der Waals surface area contributed by atoms with E-state index >= 15 is 0 Å². The molecule has 0 amide bonds. The molecule has 1 aromatic heterocycles. The van der Waals surface area contributed by atoms with Crippen LogP contribution in [0.15, 0.2) is 48.5 Å². The summed E-state index contributed by atoms with van der Waals surface area (Å²) >= 11 is 1.84. The molecule has 0 saturated carbocycles. The first-order valence-corrected chi connectivity index (χ1v) is 8.02. The first-order chi connectivity index (χ1) is 10.4. The molecule has 2 nitrogen and oxygen atoms in total. The summed E-state index contributed by atoms with van der Waals surface area (Å²) < 4.78 is 9.62. The second-order valence-corrected chi connectivity index (χ2v) is 6.15. The minimum Gasteiger partial charge on any atom is -1.00 e. The van der Waals surface area contributed by atoms with Gasteiger partial charge in [0.2, 0.25) is 5.52 Å². The molecule has 0 bridgehead atoms. The third kappa shape index (κ3) is 2.54. The van der Waals surface area contributed by atoms with Crippen molar-refractivity contribution in [3.05, 3.63) is 59.1 Å². The van der Waals surface area contributed by atoms with Gasteiger partial charge in [0.1, 0.15) is 23.6 Å². The Morgan fingerprint density at radius 1 is 1.09 bits per heavy atom. The van der Waals surface area contributed by atoms with Gasteiger partial charge < -0.3 is 28.7 Å². The lowest BCUT2D eigenvalue weighted by molar-refractivity contribution is -0.665. The van der Waals surface area contributed by atoms with Crippen molar-refractivity contribution in [2.24, 2.45) is 0 Å². The van der Waals surface area contributed by atoms with Crippen LogP contribution < -0.4 is 33.3 Å². The average molecular weight is 421 g/mol. The highest BCUT2D eigenvalue weighted by Gasteiger charge is 2.25. The van der Waals surface area contributed by atoms with Crippen LogP contribution in [0.4, 0.5) is 0 Å². The highest BCUT2D eigenvalue weighted by Crippen LogP contribution is 2.32. The number of para-hydroxylation sites is 2. The molecule has 22 heavy (non-hydrogen) atoms. The van der Waals surface area contributed by atoms with Crippen molar-refractivity contribution in [3.8, 4) is 5.75 Å². The van der Waals surface area contributed by atoms with Gasteiger partial charge in [0.05, 0.1) is 5.57 Å². The predicted octanol–water partition coefficient (Wildman–Crippen LogP) is 1.15. The number of benzene rings is 2.